The Morgan fingerprint density at radius 2 is 1.74 bits per heavy atom. The maximum atomic E-state index is 12.4. The average Bonchev–Trinajstić information content (AvgIpc) is 2.53. The predicted molar refractivity (Wildman–Crippen MR) is 85.3 cm³/mol. The van der Waals surface area contributed by atoms with Crippen LogP contribution in [0.1, 0.15) is 17.3 Å². The topological polar surface area (TPSA) is 73.9 Å². The molecule has 0 fully saturated rings. The van der Waals surface area contributed by atoms with E-state index in [2.05, 4.69) is 5.32 Å². The molecule has 2 aromatic rings. The van der Waals surface area contributed by atoms with Crippen molar-refractivity contribution in [2.24, 2.45) is 0 Å². The normalized spacial score (nSPS) is 9.87. The standard InChI is InChI=1S/C17H17NO5/c1-11(19)23-14-6-4-5-12(9-14)18-17(20)15-8-7-13(21-2)10-16(15)22-3/h4-10H,1-3H3,(H,18,20). The lowest BCUT2D eigenvalue weighted by molar-refractivity contribution is -0.131. The number of benzene rings is 2. The Balaban J connectivity index is 2.20. The molecule has 23 heavy (non-hydrogen) atoms. The summed E-state index contributed by atoms with van der Waals surface area (Å²) in [4.78, 5) is 23.4. The van der Waals surface area contributed by atoms with Crippen LogP contribution in [0.4, 0.5) is 5.69 Å². The Hall–Kier alpha value is -3.02. The molecule has 0 unspecified atom stereocenters. The molecule has 0 heterocycles. The minimum atomic E-state index is -0.426. The summed E-state index contributed by atoms with van der Waals surface area (Å²) >= 11 is 0. The van der Waals surface area contributed by atoms with Gasteiger partial charge < -0.3 is 19.5 Å². The van der Waals surface area contributed by atoms with Gasteiger partial charge in [0.15, 0.2) is 0 Å². The second-order valence-corrected chi connectivity index (χ2v) is 4.64. The quantitative estimate of drug-likeness (QED) is 0.678. The van der Waals surface area contributed by atoms with E-state index in [-0.39, 0.29) is 5.91 Å². The fourth-order valence-electron chi connectivity index (χ4n) is 1.99. The Labute approximate surface area is 134 Å². The zero-order valence-corrected chi connectivity index (χ0v) is 13.1. The Morgan fingerprint density at radius 3 is 2.39 bits per heavy atom. The van der Waals surface area contributed by atoms with Crippen LogP contribution in [0, 0.1) is 0 Å². The molecule has 0 aromatic heterocycles. The smallest absolute Gasteiger partial charge is 0.308 e. The molecule has 0 bridgehead atoms. The van der Waals surface area contributed by atoms with E-state index in [4.69, 9.17) is 14.2 Å². The number of anilines is 1. The maximum Gasteiger partial charge on any atom is 0.308 e. The number of carbonyl (C=O) groups is 2. The molecule has 0 saturated carbocycles. The van der Waals surface area contributed by atoms with E-state index in [0.717, 1.165) is 0 Å². The minimum Gasteiger partial charge on any atom is -0.497 e. The second kappa shape index (κ2) is 7.31. The molecule has 0 aliphatic carbocycles. The van der Waals surface area contributed by atoms with Crippen molar-refractivity contribution in [2.75, 3.05) is 19.5 Å². The molecule has 6 nitrogen and oxygen atoms in total. The maximum absolute atomic E-state index is 12.4. The Kier molecular flexibility index (Phi) is 5.19. The fourth-order valence-corrected chi connectivity index (χ4v) is 1.99. The third-order valence-corrected chi connectivity index (χ3v) is 3.01. The number of hydrogen-bond acceptors (Lipinski definition) is 5. The number of carbonyl (C=O) groups excluding carboxylic acids is 2. The van der Waals surface area contributed by atoms with Gasteiger partial charge >= 0.3 is 5.97 Å². The highest BCUT2D eigenvalue weighted by atomic mass is 16.5. The molecule has 2 aromatic carbocycles. The molecule has 0 radical (unpaired) electrons. The minimum absolute atomic E-state index is 0.343. The first-order valence-electron chi connectivity index (χ1n) is 6.85. The van der Waals surface area contributed by atoms with Crippen LogP contribution in [0.25, 0.3) is 0 Å². The third-order valence-electron chi connectivity index (χ3n) is 3.01. The lowest BCUT2D eigenvalue weighted by Gasteiger charge is -2.11. The van der Waals surface area contributed by atoms with Gasteiger partial charge in [-0.1, -0.05) is 6.07 Å². The van der Waals surface area contributed by atoms with Crippen LogP contribution in [-0.2, 0) is 4.79 Å². The van der Waals surface area contributed by atoms with Gasteiger partial charge in [0.2, 0.25) is 0 Å². The van der Waals surface area contributed by atoms with Crippen molar-refractivity contribution in [2.45, 2.75) is 6.92 Å². The summed E-state index contributed by atoms with van der Waals surface area (Å²) in [5.74, 6) is 0.583. The van der Waals surface area contributed by atoms with Gasteiger partial charge in [-0.3, -0.25) is 9.59 Å². The molecular formula is C17H17NO5. The average molecular weight is 315 g/mol. The molecule has 0 saturated heterocycles. The lowest BCUT2D eigenvalue weighted by Crippen LogP contribution is -2.13. The van der Waals surface area contributed by atoms with Crippen molar-refractivity contribution in [3.8, 4) is 17.2 Å². The first-order chi connectivity index (χ1) is 11.0. The molecule has 1 amide bonds. The molecule has 0 spiro atoms. The molecule has 0 aliphatic heterocycles. The highest BCUT2D eigenvalue weighted by Gasteiger charge is 2.14. The van der Waals surface area contributed by atoms with E-state index >= 15 is 0 Å². The summed E-state index contributed by atoms with van der Waals surface area (Å²) in [7, 11) is 3.02. The van der Waals surface area contributed by atoms with Gasteiger partial charge in [0.25, 0.3) is 5.91 Å². The number of rotatable bonds is 5. The summed E-state index contributed by atoms with van der Waals surface area (Å²) in [5, 5.41) is 2.73. The zero-order valence-electron chi connectivity index (χ0n) is 13.1. The number of nitrogens with one attached hydrogen (secondary N) is 1. The van der Waals surface area contributed by atoms with Crippen LogP contribution in [0.3, 0.4) is 0 Å². The molecule has 1 N–H and O–H groups in total. The molecule has 0 aliphatic rings. The summed E-state index contributed by atoms with van der Waals surface area (Å²) in [6.07, 6.45) is 0. The fraction of sp³-hybridized carbons (Fsp3) is 0.176. The predicted octanol–water partition coefficient (Wildman–Crippen LogP) is 2.88. The highest BCUT2D eigenvalue weighted by Crippen LogP contribution is 2.26. The summed E-state index contributed by atoms with van der Waals surface area (Å²) in [6, 6.07) is 11.5. The van der Waals surface area contributed by atoms with Crippen molar-refractivity contribution in [3.63, 3.8) is 0 Å². The van der Waals surface area contributed by atoms with Crippen LogP contribution in [-0.4, -0.2) is 26.1 Å². The first kappa shape index (κ1) is 16.4. The molecule has 120 valence electrons. The highest BCUT2D eigenvalue weighted by molar-refractivity contribution is 6.06. The largest absolute Gasteiger partial charge is 0.497 e. The van der Waals surface area contributed by atoms with Gasteiger partial charge in [0.05, 0.1) is 19.8 Å². The molecule has 0 atom stereocenters. The third kappa shape index (κ3) is 4.23. The Morgan fingerprint density at radius 1 is 0.957 bits per heavy atom. The van der Waals surface area contributed by atoms with E-state index in [9.17, 15) is 9.59 Å². The second-order valence-electron chi connectivity index (χ2n) is 4.64. The molecule has 6 heteroatoms. The van der Waals surface area contributed by atoms with Crippen molar-refractivity contribution in [1.29, 1.82) is 0 Å². The van der Waals surface area contributed by atoms with Crippen LogP contribution < -0.4 is 19.5 Å². The van der Waals surface area contributed by atoms with Gasteiger partial charge in [-0.05, 0) is 24.3 Å². The number of amides is 1. The number of ether oxygens (including phenoxy) is 3. The van der Waals surface area contributed by atoms with Gasteiger partial charge in [-0.2, -0.15) is 0 Å². The van der Waals surface area contributed by atoms with Crippen LogP contribution in [0.15, 0.2) is 42.5 Å². The lowest BCUT2D eigenvalue weighted by atomic mass is 10.1. The van der Waals surface area contributed by atoms with Crippen LogP contribution in [0.2, 0.25) is 0 Å². The SMILES string of the molecule is COc1ccc(C(=O)Nc2cccc(OC(C)=O)c2)c(OC)c1. The van der Waals surface area contributed by atoms with Gasteiger partial charge in [0.1, 0.15) is 17.2 Å². The van der Waals surface area contributed by atoms with Crippen molar-refractivity contribution in [3.05, 3.63) is 48.0 Å². The molecule has 2 rings (SSSR count). The van der Waals surface area contributed by atoms with E-state index in [1.807, 2.05) is 0 Å². The number of hydrogen-bond donors (Lipinski definition) is 1. The van der Waals surface area contributed by atoms with Crippen LogP contribution in [0.5, 0.6) is 17.2 Å². The van der Waals surface area contributed by atoms with E-state index in [0.29, 0.717) is 28.5 Å². The summed E-state index contributed by atoms with van der Waals surface area (Å²) in [5.41, 5.74) is 0.873. The number of esters is 1. The first-order valence-corrected chi connectivity index (χ1v) is 6.85. The summed E-state index contributed by atoms with van der Waals surface area (Å²) in [6.45, 7) is 1.31. The monoisotopic (exact) mass is 315 g/mol. The van der Waals surface area contributed by atoms with E-state index in [1.165, 1.54) is 21.1 Å². The molecular weight excluding hydrogens is 298 g/mol. The van der Waals surface area contributed by atoms with E-state index < -0.39 is 5.97 Å². The Bertz CT molecular complexity index is 727. The van der Waals surface area contributed by atoms with Gasteiger partial charge in [0, 0.05) is 24.7 Å². The van der Waals surface area contributed by atoms with Gasteiger partial charge in [-0.15, -0.1) is 0 Å². The van der Waals surface area contributed by atoms with Gasteiger partial charge in [-0.25, -0.2) is 0 Å². The zero-order chi connectivity index (χ0) is 16.8. The van der Waals surface area contributed by atoms with Crippen molar-refractivity contribution >= 4 is 17.6 Å². The number of methoxy groups -OCH3 is 2. The van der Waals surface area contributed by atoms with Crippen LogP contribution >= 0.6 is 0 Å². The van der Waals surface area contributed by atoms with Crippen molar-refractivity contribution in [1.82, 2.24) is 0 Å². The van der Waals surface area contributed by atoms with Crippen molar-refractivity contribution < 1.29 is 23.8 Å². The summed E-state index contributed by atoms with van der Waals surface area (Å²) < 4.78 is 15.3. The van der Waals surface area contributed by atoms with E-state index in [1.54, 1.807) is 42.5 Å².